The molecule has 4 aromatic heterocycles. The van der Waals surface area contributed by atoms with Crippen LogP contribution in [0.25, 0.3) is 55.4 Å². The van der Waals surface area contributed by atoms with Crippen LogP contribution in [0, 0.1) is 13.7 Å². The molecule has 2 aromatic carbocycles. The zero-order valence-electron chi connectivity index (χ0n) is 22.3. The Hall–Kier alpha value is -4.05. The molecule has 0 saturated heterocycles. The van der Waals surface area contributed by atoms with Gasteiger partial charge in [0, 0.05) is 48.0 Å². The lowest BCUT2D eigenvalue weighted by Gasteiger charge is -2.11. The molecule has 4 heteroatoms. The smallest absolute Gasteiger partial charge is 0.227 e. The van der Waals surface area contributed by atoms with Crippen LogP contribution in [-0.2, 0) is 0 Å². The van der Waals surface area contributed by atoms with Crippen LogP contribution in [0.15, 0.2) is 83.5 Å². The van der Waals surface area contributed by atoms with Crippen LogP contribution in [0.5, 0.6) is 0 Å². The summed E-state index contributed by atoms with van der Waals surface area (Å²) < 4.78 is 53.4. The molecule has 6 rings (SSSR count). The normalized spacial score (nSPS) is 15.2. The first kappa shape index (κ1) is 12.6. The number of pyridine rings is 3. The number of aryl methyl sites for hydroxylation is 2. The molecule has 0 N–H and O–H groups in total. The highest BCUT2D eigenvalue weighted by molar-refractivity contribution is 6.08. The third-order valence-electron chi connectivity index (χ3n) is 5.48. The van der Waals surface area contributed by atoms with Crippen molar-refractivity contribution in [2.45, 2.75) is 13.7 Å². The van der Waals surface area contributed by atoms with E-state index >= 15 is 0 Å². The number of fused-ring (bicyclic) bond motifs is 4. The molecule has 0 bridgehead atoms. The van der Waals surface area contributed by atoms with Crippen molar-refractivity contribution in [3.8, 4) is 22.4 Å². The molecule has 0 aliphatic carbocycles. The summed E-state index contributed by atoms with van der Waals surface area (Å²) in [4.78, 5) is 13.2. The number of benzene rings is 2. The highest BCUT2D eigenvalue weighted by Gasteiger charge is 2.16. The third-order valence-corrected chi connectivity index (χ3v) is 5.48. The van der Waals surface area contributed by atoms with E-state index in [9.17, 15) is 0 Å². The molecule has 0 spiro atoms. The lowest BCUT2D eigenvalue weighted by atomic mass is 9.96. The first-order chi connectivity index (χ1) is 17.6. The molecular formula is C27H19N3O. The Morgan fingerprint density at radius 2 is 1.68 bits per heavy atom. The van der Waals surface area contributed by atoms with Gasteiger partial charge in [-0.1, -0.05) is 30.3 Å². The van der Waals surface area contributed by atoms with Gasteiger partial charge in [0.05, 0.1) is 11.2 Å². The highest BCUT2D eigenvalue weighted by atomic mass is 16.3. The third kappa shape index (κ3) is 2.80. The van der Waals surface area contributed by atoms with Gasteiger partial charge in [-0.2, -0.15) is 0 Å². The summed E-state index contributed by atoms with van der Waals surface area (Å²) in [7, 11) is 0. The van der Waals surface area contributed by atoms with Gasteiger partial charge >= 0.3 is 0 Å². The molecule has 0 fully saturated rings. The number of aromatic nitrogens is 3. The summed E-state index contributed by atoms with van der Waals surface area (Å²) in [5.41, 5.74) is 3.97. The summed E-state index contributed by atoms with van der Waals surface area (Å²) in [6, 6.07) is 19.8. The van der Waals surface area contributed by atoms with Gasteiger partial charge in [0.15, 0.2) is 0 Å². The lowest BCUT2D eigenvalue weighted by Crippen LogP contribution is -1.91. The van der Waals surface area contributed by atoms with E-state index in [1.54, 1.807) is 18.3 Å². The lowest BCUT2D eigenvalue weighted by molar-refractivity contribution is 0.653. The van der Waals surface area contributed by atoms with Gasteiger partial charge < -0.3 is 4.42 Å². The topological polar surface area (TPSA) is 51.8 Å². The van der Waals surface area contributed by atoms with E-state index in [1.807, 2.05) is 48.5 Å². The average molecular weight is 408 g/mol. The van der Waals surface area contributed by atoms with Gasteiger partial charge in [-0.25, -0.2) is 4.98 Å². The number of hydrogen-bond acceptors (Lipinski definition) is 4. The Labute approximate surface area is 187 Å². The van der Waals surface area contributed by atoms with Gasteiger partial charge in [0.25, 0.3) is 0 Å². The van der Waals surface area contributed by atoms with Crippen LogP contribution in [-0.4, -0.2) is 15.0 Å². The summed E-state index contributed by atoms with van der Waals surface area (Å²) >= 11 is 0. The maximum atomic E-state index is 8.13. The van der Waals surface area contributed by atoms with Crippen molar-refractivity contribution in [3.05, 3.63) is 90.4 Å². The van der Waals surface area contributed by atoms with Crippen molar-refractivity contribution < 1.29 is 12.6 Å². The fourth-order valence-electron chi connectivity index (χ4n) is 4.04. The SMILES string of the molecule is [2H]C([2H])([2H])c1ccc2c(n1)oc1c(-c3cc(-c4cccc5ncccc45)c(C([2H])([2H])[2H])cn3)cccc12. The number of hydrogen-bond donors (Lipinski definition) is 0. The van der Waals surface area contributed by atoms with Crippen molar-refractivity contribution in [2.75, 3.05) is 0 Å². The summed E-state index contributed by atoms with van der Waals surface area (Å²) in [6.45, 7) is -4.74. The molecule has 148 valence electrons. The van der Waals surface area contributed by atoms with Crippen molar-refractivity contribution in [2.24, 2.45) is 0 Å². The monoisotopic (exact) mass is 407 g/mol. The van der Waals surface area contributed by atoms with Crippen LogP contribution in [0.1, 0.15) is 19.5 Å². The molecule has 4 heterocycles. The van der Waals surface area contributed by atoms with Crippen molar-refractivity contribution in [1.82, 2.24) is 15.0 Å². The summed E-state index contributed by atoms with van der Waals surface area (Å²) in [5, 5.41) is 2.27. The Morgan fingerprint density at radius 1 is 0.774 bits per heavy atom. The second-order valence-corrected chi connectivity index (χ2v) is 7.32. The fourth-order valence-corrected chi connectivity index (χ4v) is 4.04. The molecular weight excluding hydrogens is 382 g/mol. The summed E-state index contributed by atoms with van der Waals surface area (Å²) in [6.07, 6.45) is 3.09. The molecule has 6 aromatic rings. The molecule has 0 atom stereocenters. The molecule has 0 radical (unpaired) electrons. The minimum atomic E-state index is -2.38. The van der Waals surface area contributed by atoms with Crippen molar-refractivity contribution in [3.63, 3.8) is 0 Å². The molecule has 0 aliphatic rings. The van der Waals surface area contributed by atoms with Gasteiger partial charge in [-0.05, 0) is 66.8 Å². The predicted octanol–water partition coefficient (Wildman–Crippen LogP) is 6.88. The van der Waals surface area contributed by atoms with Gasteiger partial charge in [0.1, 0.15) is 5.58 Å². The molecule has 4 nitrogen and oxygen atoms in total. The van der Waals surface area contributed by atoms with E-state index in [-0.39, 0.29) is 17.0 Å². The largest absolute Gasteiger partial charge is 0.437 e. The first-order valence-electron chi connectivity index (χ1n) is 12.8. The predicted molar refractivity (Wildman–Crippen MR) is 125 cm³/mol. The zero-order valence-corrected chi connectivity index (χ0v) is 16.3. The highest BCUT2D eigenvalue weighted by Crippen LogP contribution is 2.37. The molecule has 0 amide bonds. The van der Waals surface area contributed by atoms with Gasteiger partial charge in [-0.15, -0.1) is 0 Å². The van der Waals surface area contributed by atoms with Gasteiger partial charge in [0.2, 0.25) is 5.71 Å². The second-order valence-electron chi connectivity index (χ2n) is 7.32. The Balaban J connectivity index is 1.60. The van der Waals surface area contributed by atoms with E-state index in [0.29, 0.717) is 27.8 Å². The quantitative estimate of drug-likeness (QED) is 0.314. The standard InChI is InChI=1S/C27H19N3O/c1-16-15-29-25(14-23(16)18-6-4-10-24-19(18)9-5-13-28-24)22-8-3-7-20-21-12-11-17(2)30-27(21)31-26(20)22/h3-15H,1-2H3/i1D3,2D3. The Kier molecular flexibility index (Phi) is 2.74. The Morgan fingerprint density at radius 3 is 2.61 bits per heavy atom. The summed E-state index contributed by atoms with van der Waals surface area (Å²) in [5.74, 6) is 0. The zero-order chi connectivity index (χ0) is 25.9. The van der Waals surface area contributed by atoms with Crippen LogP contribution in [0.3, 0.4) is 0 Å². The minimum Gasteiger partial charge on any atom is -0.437 e. The maximum Gasteiger partial charge on any atom is 0.227 e. The minimum absolute atomic E-state index is 0.0485. The molecule has 0 unspecified atom stereocenters. The number of nitrogens with zero attached hydrogens (tertiary/aromatic N) is 3. The van der Waals surface area contributed by atoms with Crippen LogP contribution >= 0.6 is 0 Å². The van der Waals surface area contributed by atoms with Gasteiger partial charge in [-0.3, -0.25) is 9.97 Å². The fraction of sp³-hybridized carbons (Fsp3) is 0.0741. The van der Waals surface area contributed by atoms with Crippen LogP contribution in [0.2, 0.25) is 0 Å². The molecule has 0 aliphatic heterocycles. The number of para-hydroxylation sites is 1. The van der Waals surface area contributed by atoms with Crippen LogP contribution in [0.4, 0.5) is 0 Å². The molecule has 0 saturated carbocycles. The second kappa shape index (κ2) is 6.74. The number of furan rings is 1. The number of rotatable bonds is 2. The molecule has 31 heavy (non-hydrogen) atoms. The average Bonchev–Trinajstić information content (AvgIpc) is 3.25. The van der Waals surface area contributed by atoms with E-state index < -0.39 is 13.7 Å². The van der Waals surface area contributed by atoms with E-state index in [0.717, 1.165) is 21.9 Å². The van der Waals surface area contributed by atoms with E-state index in [4.69, 9.17) is 12.6 Å². The van der Waals surface area contributed by atoms with Crippen molar-refractivity contribution in [1.29, 1.82) is 0 Å². The van der Waals surface area contributed by atoms with E-state index in [2.05, 4.69) is 15.0 Å². The Bertz CT molecular complexity index is 1820. The first-order valence-corrected chi connectivity index (χ1v) is 9.79. The van der Waals surface area contributed by atoms with Crippen LogP contribution < -0.4 is 0 Å². The maximum absolute atomic E-state index is 8.13. The van der Waals surface area contributed by atoms with E-state index in [1.165, 1.54) is 12.3 Å². The van der Waals surface area contributed by atoms with Crippen molar-refractivity contribution >= 4 is 33.0 Å².